The van der Waals surface area contributed by atoms with E-state index in [1.165, 1.54) is 4.57 Å². The van der Waals surface area contributed by atoms with Crippen molar-refractivity contribution in [3.8, 4) is 0 Å². The Labute approximate surface area is 185 Å². The standard InChI is InChI=1S/C25H26N4O3/c30-24-22-23(26-18-27(22)15-19-9-3-1-4-10-19)28(16-20-11-5-2-6-12-20)25(31)29(24)17-21-13-7-8-14-32-21/h1-6,9-12,18,21H,7-8,13-17H2/t21-/m0/s1. The topological polar surface area (TPSA) is 71.0 Å². The largest absolute Gasteiger partial charge is 0.376 e. The van der Waals surface area contributed by atoms with Crippen molar-refractivity contribution in [2.45, 2.75) is 45.0 Å². The molecule has 164 valence electrons. The van der Waals surface area contributed by atoms with Gasteiger partial charge in [-0.2, -0.15) is 0 Å². The normalized spacial score (nSPS) is 16.4. The molecule has 0 unspecified atom stereocenters. The second-order valence-corrected chi connectivity index (χ2v) is 8.29. The third-order valence-corrected chi connectivity index (χ3v) is 6.02. The van der Waals surface area contributed by atoms with Crippen molar-refractivity contribution in [1.82, 2.24) is 18.7 Å². The molecule has 1 aliphatic rings. The molecule has 0 spiro atoms. The van der Waals surface area contributed by atoms with Gasteiger partial charge in [0, 0.05) is 13.2 Å². The Bertz CT molecular complexity index is 1320. The average molecular weight is 431 g/mol. The molecule has 0 amide bonds. The van der Waals surface area contributed by atoms with Gasteiger partial charge in [-0.15, -0.1) is 0 Å². The first-order chi connectivity index (χ1) is 15.7. The highest BCUT2D eigenvalue weighted by Gasteiger charge is 2.22. The number of ether oxygens (including phenoxy) is 1. The molecule has 7 heteroatoms. The molecule has 1 fully saturated rings. The highest BCUT2D eigenvalue weighted by molar-refractivity contribution is 5.70. The van der Waals surface area contributed by atoms with Crippen LogP contribution < -0.4 is 11.2 Å². The van der Waals surface area contributed by atoms with Crippen LogP contribution in [0.3, 0.4) is 0 Å². The third-order valence-electron chi connectivity index (χ3n) is 6.02. The maximum Gasteiger partial charge on any atom is 0.333 e. The highest BCUT2D eigenvalue weighted by atomic mass is 16.5. The molecule has 1 aliphatic heterocycles. The molecule has 0 N–H and O–H groups in total. The molecule has 1 saturated heterocycles. The van der Waals surface area contributed by atoms with Crippen molar-refractivity contribution in [3.63, 3.8) is 0 Å². The van der Waals surface area contributed by atoms with Gasteiger partial charge in [0.25, 0.3) is 5.56 Å². The van der Waals surface area contributed by atoms with E-state index in [4.69, 9.17) is 4.74 Å². The summed E-state index contributed by atoms with van der Waals surface area (Å²) in [5.41, 5.74) is 2.25. The summed E-state index contributed by atoms with van der Waals surface area (Å²) in [4.78, 5) is 31.5. The van der Waals surface area contributed by atoms with Crippen molar-refractivity contribution in [2.24, 2.45) is 0 Å². The minimum atomic E-state index is -0.342. The van der Waals surface area contributed by atoms with Crippen molar-refractivity contribution >= 4 is 11.2 Å². The maximum atomic E-state index is 13.5. The van der Waals surface area contributed by atoms with Gasteiger partial charge >= 0.3 is 5.69 Å². The van der Waals surface area contributed by atoms with E-state index < -0.39 is 0 Å². The number of hydrogen-bond acceptors (Lipinski definition) is 4. The highest BCUT2D eigenvalue weighted by Crippen LogP contribution is 2.15. The summed E-state index contributed by atoms with van der Waals surface area (Å²) in [5, 5.41) is 0. The van der Waals surface area contributed by atoms with Gasteiger partial charge in [0.1, 0.15) is 0 Å². The van der Waals surface area contributed by atoms with E-state index >= 15 is 0 Å². The molecule has 0 aliphatic carbocycles. The Balaban J connectivity index is 1.64. The minimum Gasteiger partial charge on any atom is -0.376 e. The van der Waals surface area contributed by atoms with E-state index in [0.29, 0.717) is 30.9 Å². The van der Waals surface area contributed by atoms with Crippen LogP contribution in [0, 0.1) is 0 Å². The van der Waals surface area contributed by atoms with E-state index in [9.17, 15) is 9.59 Å². The van der Waals surface area contributed by atoms with E-state index in [0.717, 1.165) is 30.4 Å². The van der Waals surface area contributed by atoms with E-state index in [1.807, 2.05) is 65.2 Å². The molecule has 0 radical (unpaired) electrons. The number of rotatable bonds is 6. The minimum absolute atomic E-state index is 0.123. The summed E-state index contributed by atoms with van der Waals surface area (Å²) in [6, 6.07) is 19.7. The number of aromatic nitrogens is 4. The molecule has 4 aromatic rings. The van der Waals surface area contributed by atoms with Gasteiger partial charge in [0.05, 0.1) is 25.5 Å². The smallest absolute Gasteiger partial charge is 0.333 e. The predicted octanol–water partition coefficient (Wildman–Crippen LogP) is 3.03. The Morgan fingerprint density at radius 3 is 2.22 bits per heavy atom. The lowest BCUT2D eigenvalue weighted by atomic mass is 10.1. The summed E-state index contributed by atoms with van der Waals surface area (Å²) in [7, 11) is 0. The van der Waals surface area contributed by atoms with Crippen LogP contribution in [-0.4, -0.2) is 31.4 Å². The summed E-state index contributed by atoms with van der Waals surface area (Å²) in [5.74, 6) is 0. The first-order valence-corrected chi connectivity index (χ1v) is 11.1. The molecule has 7 nitrogen and oxygen atoms in total. The second-order valence-electron chi connectivity index (χ2n) is 8.29. The molecule has 2 aromatic carbocycles. The van der Waals surface area contributed by atoms with Crippen LogP contribution in [0.5, 0.6) is 0 Å². The Hall–Kier alpha value is -3.45. The predicted molar refractivity (Wildman–Crippen MR) is 123 cm³/mol. The molecule has 3 heterocycles. The number of hydrogen-bond donors (Lipinski definition) is 0. The van der Waals surface area contributed by atoms with Gasteiger partial charge in [-0.25, -0.2) is 9.78 Å². The lowest BCUT2D eigenvalue weighted by Crippen LogP contribution is -2.44. The lowest BCUT2D eigenvalue weighted by molar-refractivity contribution is 0.00460. The molecule has 0 bridgehead atoms. The number of fused-ring (bicyclic) bond motifs is 1. The number of imidazole rings is 1. The Kier molecular flexibility index (Phi) is 5.73. The molecular formula is C25H26N4O3. The van der Waals surface area contributed by atoms with Crippen molar-refractivity contribution in [3.05, 3.63) is 99.0 Å². The second kappa shape index (κ2) is 8.96. The zero-order chi connectivity index (χ0) is 21.9. The monoisotopic (exact) mass is 430 g/mol. The van der Waals surface area contributed by atoms with Crippen LogP contribution in [0.1, 0.15) is 30.4 Å². The third kappa shape index (κ3) is 4.03. The van der Waals surface area contributed by atoms with Gasteiger partial charge in [-0.3, -0.25) is 13.9 Å². The Morgan fingerprint density at radius 2 is 1.56 bits per heavy atom. The van der Waals surface area contributed by atoms with Crippen LogP contribution >= 0.6 is 0 Å². The number of benzene rings is 2. The first-order valence-electron chi connectivity index (χ1n) is 11.1. The Morgan fingerprint density at radius 1 is 0.875 bits per heavy atom. The molecule has 2 aromatic heterocycles. The summed E-state index contributed by atoms with van der Waals surface area (Å²) in [6.07, 6.45) is 4.45. The van der Waals surface area contributed by atoms with E-state index in [2.05, 4.69) is 4.98 Å². The molecule has 32 heavy (non-hydrogen) atoms. The van der Waals surface area contributed by atoms with Crippen LogP contribution in [0.2, 0.25) is 0 Å². The van der Waals surface area contributed by atoms with Gasteiger partial charge in [0.15, 0.2) is 11.2 Å². The van der Waals surface area contributed by atoms with Crippen LogP contribution in [-0.2, 0) is 24.4 Å². The molecule has 5 rings (SSSR count). The van der Waals surface area contributed by atoms with Gasteiger partial charge < -0.3 is 9.30 Å². The van der Waals surface area contributed by atoms with Gasteiger partial charge in [0.2, 0.25) is 0 Å². The van der Waals surface area contributed by atoms with Crippen molar-refractivity contribution in [2.75, 3.05) is 6.61 Å². The van der Waals surface area contributed by atoms with Crippen molar-refractivity contribution in [1.29, 1.82) is 0 Å². The summed E-state index contributed by atoms with van der Waals surface area (Å²) >= 11 is 0. The number of nitrogens with zero attached hydrogens (tertiary/aromatic N) is 4. The first kappa shape index (κ1) is 20.5. The van der Waals surface area contributed by atoms with Crippen LogP contribution in [0.25, 0.3) is 11.2 Å². The average Bonchev–Trinajstić information content (AvgIpc) is 3.25. The van der Waals surface area contributed by atoms with E-state index in [1.54, 1.807) is 10.9 Å². The van der Waals surface area contributed by atoms with Crippen molar-refractivity contribution < 1.29 is 4.74 Å². The summed E-state index contributed by atoms with van der Waals surface area (Å²) < 4.78 is 10.6. The fraction of sp³-hybridized carbons (Fsp3) is 0.320. The molecule has 0 saturated carbocycles. The zero-order valence-corrected chi connectivity index (χ0v) is 17.9. The van der Waals surface area contributed by atoms with Crippen LogP contribution in [0.15, 0.2) is 76.6 Å². The summed E-state index contributed by atoms with van der Waals surface area (Å²) in [6.45, 7) is 1.80. The fourth-order valence-corrected chi connectivity index (χ4v) is 4.36. The van der Waals surface area contributed by atoms with Gasteiger partial charge in [-0.05, 0) is 30.4 Å². The quantitative estimate of drug-likeness (QED) is 0.471. The fourth-order valence-electron chi connectivity index (χ4n) is 4.36. The van der Waals surface area contributed by atoms with Gasteiger partial charge in [-0.1, -0.05) is 60.7 Å². The van der Waals surface area contributed by atoms with Crippen LogP contribution in [0.4, 0.5) is 0 Å². The zero-order valence-electron chi connectivity index (χ0n) is 17.9. The molecule has 1 atom stereocenters. The molecular weight excluding hydrogens is 404 g/mol. The lowest BCUT2D eigenvalue weighted by Gasteiger charge is -2.23. The van der Waals surface area contributed by atoms with E-state index in [-0.39, 0.29) is 23.9 Å². The maximum absolute atomic E-state index is 13.5. The SMILES string of the molecule is O=c1c2c(ncn2Cc2ccccc2)n(Cc2ccccc2)c(=O)n1C[C@@H]1CCCCO1.